The highest BCUT2D eigenvalue weighted by Crippen LogP contribution is 2.47. The van der Waals surface area contributed by atoms with Crippen LogP contribution in [-0.4, -0.2) is 14.5 Å². The lowest BCUT2D eigenvalue weighted by Gasteiger charge is -2.16. The van der Waals surface area contributed by atoms with E-state index < -0.39 is 0 Å². The fourth-order valence-electron chi connectivity index (χ4n) is 10.1. The molecule has 0 N–H and O–H groups in total. The monoisotopic (exact) mass is 799 g/mol. The van der Waals surface area contributed by atoms with E-state index in [4.69, 9.17) is 9.97 Å². The summed E-state index contributed by atoms with van der Waals surface area (Å²) in [5.74, 6) is 0.713. The summed E-state index contributed by atoms with van der Waals surface area (Å²) in [6.45, 7) is 0. The molecule has 0 aliphatic rings. The molecule has 0 radical (unpaired) electrons. The SMILES string of the molecule is c1ccc(-c2cc(-c3ccc(-c4cc5c6ccccc6c6c(c7ccccc7n6-c6ccccc6)c5c5ccccc45)cc3)nc(-c3cc4ccccc4c4ccccc34)n2)cc1. The highest BCUT2D eigenvalue weighted by Gasteiger charge is 2.22. The van der Waals surface area contributed by atoms with Crippen LogP contribution in [0.5, 0.6) is 0 Å². The van der Waals surface area contributed by atoms with Gasteiger partial charge in [-0.1, -0.05) is 188 Å². The zero-order chi connectivity index (χ0) is 41.4. The van der Waals surface area contributed by atoms with Crippen LogP contribution in [0.25, 0.3) is 126 Å². The second kappa shape index (κ2) is 14.1. The summed E-state index contributed by atoms with van der Waals surface area (Å²) in [4.78, 5) is 10.6. The molecule has 0 amide bonds. The second-order valence-electron chi connectivity index (χ2n) is 16.4. The number of fused-ring (bicyclic) bond motifs is 13. The van der Waals surface area contributed by atoms with Gasteiger partial charge in [0.15, 0.2) is 5.82 Å². The largest absolute Gasteiger partial charge is 0.309 e. The molecule has 3 nitrogen and oxygen atoms in total. The summed E-state index contributed by atoms with van der Waals surface area (Å²) in [5, 5.41) is 14.8. The van der Waals surface area contributed by atoms with E-state index in [0.717, 1.165) is 44.7 Å². The molecule has 0 spiro atoms. The van der Waals surface area contributed by atoms with Crippen molar-refractivity contribution in [1.29, 1.82) is 0 Å². The molecule has 292 valence electrons. The molecule has 13 aromatic rings. The minimum Gasteiger partial charge on any atom is -0.309 e. The molecule has 0 bridgehead atoms. The van der Waals surface area contributed by atoms with Crippen LogP contribution in [0.3, 0.4) is 0 Å². The van der Waals surface area contributed by atoms with Crippen molar-refractivity contribution in [3.05, 3.63) is 224 Å². The zero-order valence-corrected chi connectivity index (χ0v) is 34.2. The first-order chi connectivity index (χ1) is 31.3. The van der Waals surface area contributed by atoms with Gasteiger partial charge in [0.05, 0.1) is 22.4 Å². The zero-order valence-electron chi connectivity index (χ0n) is 34.2. The number of para-hydroxylation sites is 2. The van der Waals surface area contributed by atoms with E-state index in [1.54, 1.807) is 0 Å². The van der Waals surface area contributed by atoms with Crippen molar-refractivity contribution in [1.82, 2.24) is 14.5 Å². The Morgan fingerprint density at radius 2 is 0.810 bits per heavy atom. The van der Waals surface area contributed by atoms with Gasteiger partial charge in [-0.2, -0.15) is 0 Å². The second-order valence-corrected chi connectivity index (χ2v) is 16.4. The van der Waals surface area contributed by atoms with Gasteiger partial charge < -0.3 is 4.57 Å². The van der Waals surface area contributed by atoms with Crippen LogP contribution in [0, 0.1) is 0 Å². The normalized spacial score (nSPS) is 11.8. The fourth-order valence-corrected chi connectivity index (χ4v) is 10.1. The first-order valence-electron chi connectivity index (χ1n) is 21.6. The predicted octanol–water partition coefficient (Wildman–Crippen LogP) is 16.0. The number of rotatable bonds is 5. The molecule has 2 aromatic heterocycles. The maximum Gasteiger partial charge on any atom is 0.161 e. The van der Waals surface area contributed by atoms with Crippen LogP contribution >= 0.6 is 0 Å². The lowest BCUT2D eigenvalue weighted by molar-refractivity contribution is 1.19. The van der Waals surface area contributed by atoms with Gasteiger partial charge in [-0.3, -0.25) is 0 Å². The van der Waals surface area contributed by atoms with Crippen LogP contribution in [0.1, 0.15) is 0 Å². The molecule has 0 aliphatic carbocycles. The smallest absolute Gasteiger partial charge is 0.161 e. The van der Waals surface area contributed by atoms with Crippen LogP contribution in [0.2, 0.25) is 0 Å². The molecule has 0 saturated heterocycles. The van der Waals surface area contributed by atoms with Crippen molar-refractivity contribution in [2.45, 2.75) is 0 Å². The average Bonchev–Trinajstić information content (AvgIpc) is 3.71. The molecular weight excluding hydrogens is 763 g/mol. The van der Waals surface area contributed by atoms with Crippen LogP contribution in [0.4, 0.5) is 0 Å². The van der Waals surface area contributed by atoms with Gasteiger partial charge in [-0.15, -0.1) is 0 Å². The summed E-state index contributed by atoms with van der Waals surface area (Å²) in [6.07, 6.45) is 0. The van der Waals surface area contributed by atoms with Crippen molar-refractivity contribution in [3.8, 4) is 50.7 Å². The first-order valence-corrected chi connectivity index (χ1v) is 21.6. The Labute approximate surface area is 363 Å². The van der Waals surface area contributed by atoms with Gasteiger partial charge in [0.1, 0.15) is 0 Å². The summed E-state index contributed by atoms with van der Waals surface area (Å²) in [7, 11) is 0. The quantitative estimate of drug-likeness (QED) is 0.162. The summed E-state index contributed by atoms with van der Waals surface area (Å²) in [5.41, 5.74) is 10.9. The third kappa shape index (κ3) is 5.53. The molecular formula is C60H37N3. The highest BCUT2D eigenvalue weighted by molar-refractivity contribution is 6.38. The average molecular weight is 800 g/mol. The van der Waals surface area contributed by atoms with E-state index in [1.807, 2.05) is 6.07 Å². The molecule has 3 heteroatoms. The van der Waals surface area contributed by atoms with E-state index in [9.17, 15) is 0 Å². The Bertz CT molecular complexity index is 3940. The molecule has 0 fully saturated rings. The number of aromatic nitrogens is 3. The molecule has 0 atom stereocenters. The van der Waals surface area contributed by atoms with E-state index >= 15 is 0 Å². The van der Waals surface area contributed by atoms with E-state index in [2.05, 4.69) is 223 Å². The minimum atomic E-state index is 0.713. The summed E-state index contributed by atoms with van der Waals surface area (Å²) >= 11 is 0. The lowest BCUT2D eigenvalue weighted by Crippen LogP contribution is -1.97. The van der Waals surface area contributed by atoms with Crippen LogP contribution < -0.4 is 0 Å². The summed E-state index contributed by atoms with van der Waals surface area (Å²) in [6, 6.07) is 80.9. The first kappa shape index (κ1) is 35.4. The Kier molecular flexibility index (Phi) is 7.91. The fraction of sp³-hybridized carbons (Fsp3) is 0. The van der Waals surface area contributed by atoms with Crippen molar-refractivity contribution in [2.75, 3.05) is 0 Å². The van der Waals surface area contributed by atoms with Crippen molar-refractivity contribution in [3.63, 3.8) is 0 Å². The standard InChI is InChI=1S/C60H37N3/c1-3-17-39(18-4-1)54-37-55(62-60(61-54)53-35-41-19-7-8-22-43(41)44-23-9-10-24-45(44)53)40-33-31-38(32-34-40)51-36-52-47-26-12-14-28-49(47)59-58(57(52)48-27-13-11-25-46(48)51)50-29-15-16-30-56(50)63(59)42-20-5-2-6-21-42/h1-37H. The van der Waals surface area contributed by atoms with E-state index in [1.165, 1.54) is 75.8 Å². The minimum absolute atomic E-state index is 0.713. The van der Waals surface area contributed by atoms with Gasteiger partial charge in [-0.25, -0.2) is 9.97 Å². The lowest BCUT2D eigenvalue weighted by atomic mass is 9.88. The molecule has 11 aromatic carbocycles. The number of hydrogen-bond acceptors (Lipinski definition) is 2. The van der Waals surface area contributed by atoms with Gasteiger partial charge in [0.25, 0.3) is 0 Å². The van der Waals surface area contributed by atoms with Gasteiger partial charge in [0.2, 0.25) is 0 Å². The predicted molar refractivity (Wildman–Crippen MR) is 266 cm³/mol. The van der Waals surface area contributed by atoms with Gasteiger partial charge in [0, 0.05) is 43.9 Å². The molecule has 13 rings (SSSR count). The van der Waals surface area contributed by atoms with Crippen molar-refractivity contribution >= 4 is 75.7 Å². The molecule has 2 heterocycles. The summed E-state index contributed by atoms with van der Waals surface area (Å²) < 4.78 is 2.46. The molecule has 0 unspecified atom stereocenters. The van der Waals surface area contributed by atoms with Gasteiger partial charge >= 0.3 is 0 Å². The van der Waals surface area contributed by atoms with E-state index in [-0.39, 0.29) is 0 Å². The van der Waals surface area contributed by atoms with Crippen molar-refractivity contribution < 1.29 is 0 Å². The third-order valence-corrected chi connectivity index (χ3v) is 13.0. The van der Waals surface area contributed by atoms with Gasteiger partial charge in [-0.05, 0) is 90.6 Å². The number of benzene rings is 11. The molecule has 0 saturated carbocycles. The number of hydrogen-bond donors (Lipinski definition) is 0. The maximum absolute atomic E-state index is 5.35. The number of nitrogens with zero attached hydrogens (tertiary/aromatic N) is 3. The van der Waals surface area contributed by atoms with E-state index in [0.29, 0.717) is 5.82 Å². The maximum atomic E-state index is 5.35. The molecule has 0 aliphatic heterocycles. The van der Waals surface area contributed by atoms with Crippen molar-refractivity contribution in [2.24, 2.45) is 0 Å². The Morgan fingerprint density at radius 1 is 0.302 bits per heavy atom. The Hall–Kier alpha value is -8.40. The van der Waals surface area contributed by atoms with Crippen LogP contribution in [0.15, 0.2) is 224 Å². The Balaban J connectivity index is 1.02. The third-order valence-electron chi connectivity index (χ3n) is 13.0. The highest BCUT2D eigenvalue weighted by atomic mass is 15.0. The Morgan fingerprint density at radius 3 is 1.52 bits per heavy atom. The molecule has 63 heavy (non-hydrogen) atoms. The van der Waals surface area contributed by atoms with Crippen LogP contribution in [-0.2, 0) is 0 Å². The topological polar surface area (TPSA) is 30.7 Å².